The number of carboxylic acids is 1. The SMILES string of the molecule is COC1C(=O)N2C(C(=O)N3CCCC3C(=O)O)=C(COC(C)=O)C(=O)S(=O)(=O)C12. The van der Waals surface area contributed by atoms with Crippen LogP contribution in [0.4, 0.5) is 0 Å². The quantitative estimate of drug-likeness (QED) is 0.381. The Labute approximate surface area is 164 Å². The molecule has 0 bridgehead atoms. The summed E-state index contributed by atoms with van der Waals surface area (Å²) in [6.45, 7) is 0.207. The van der Waals surface area contributed by atoms with Crippen LogP contribution in [-0.2, 0) is 43.3 Å². The highest BCUT2D eigenvalue weighted by atomic mass is 32.2. The molecule has 0 saturated carbocycles. The number of fused-ring (bicyclic) bond motifs is 1. The molecule has 1 N–H and O–H groups in total. The molecule has 12 nitrogen and oxygen atoms in total. The predicted molar refractivity (Wildman–Crippen MR) is 91.4 cm³/mol. The van der Waals surface area contributed by atoms with Crippen LogP contribution in [0.15, 0.2) is 11.3 Å². The first-order valence-corrected chi connectivity index (χ1v) is 10.1. The number of rotatable bonds is 5. The van der Waals surface area contributed by atoms with Crippen LogP contribution >= 0.6 is 0 Å². The van der Waals surface area contributed by atoms with E-state index in [1.165, 1.54) is 0 Å². The number of aliphatic carboxylic acids is 1. The minimum atomic E-state index is -4.61. The first-order valence-electron chi connectivity index (χ1n) is 8.58. The number of hydrogen-bond acceptors (Lipinski definition) is 9. The molecule has 0 aromatic carbocycles. The van der Waals surface area contributed by atoms with Gasteiger partial charge in [-0.15, -0.1) is 0 Å². The van der Waals surface area contributed by atoms with Crippen molar-refractivity contribution in [2.45, 2.75) is 37.3 Å². The minimum Gasteiger partial charge on any atom is -0.480 e. The zero-order valence-corrected chi connectivity index (χ0v) is 16.3. The summed E-state index contributed by atoms with van der Waals surface area (Å²) in [6.07, 6.45) is -0.937. The molecule has 0 spiro atoms. The Kier molecular flexibility index (Phi) is 5.21. The number of carbonyl (C=O) groups is 5. The maximum Gasteiger partial charge on any atom is 0.326 e. The van der Waals surface area contributed by atoms with Crippen LogP contribution in [-0.4, -0.2) is 90.0 Å². The molecule has 158 valence electrons. The number of esters is 1. The molecule has 3 heterocycles. The fourth-order valence-electron chi connectivity index (χ4n) is 3.65. The number of sulfone groups is 1. The average Bonchev–Trinajstić information content (AvgIpc) is 3.13. The third-order valence-corrected chi connectivity index (χ3v) is 6.88. The second-order valence-corrected chi connectivity index (χ2v) is 8.63. The highest BCUT2D eigenvalue weighted by Crippen LogP contribution is 2.40. The van der Waals surface area contributed by atoms with Gasteiger partial charge < -0.3 is 19.5 Å². The minimum absolute atomic E-state index is 0.0431. The normalized spacial score (nSPS) is 28.1. The first-order chi connectivity index (χ1) is 13.5. The summed E-state index contributed by atoms with van der Waals surface area (Å²) in [6, 6.07) is -1.19. The van der Waals surface area contributed by atoms with Crippen LogP contribution in [0.1, 0.15) is 19.8 Å². The van der Waals surface area contributed by atoms with Crippen molar-refractivity contribution in [3.63, 3.8) is 0 Å². The molecule has 0 radical (unpaired) electrons. The van der Waals surface area contributed by atoms with Gasteiger partial charge >= 0.3 is 11.9 Å². The van der Waals surface area contributed by atoms with Gasteiger partial charge in [-0.25, -0.2) is 13.2 Å². The van der Waals surface area contributed by atoms with Crippen molar-refractivity contribution >= 4 is 38.7 Å². The zero-order valence-electron chi connectivity index (χ0n) is 15.5. The van der Waals surface area contributed by atoms with Crippen molar-refractivity contribution in [2.24, 2.45) is 0 Å². The van der Waals surface area contributed by atoms with Crippen molar-refractivity contribution < 1.29 is 47.0 Å². The van der Waals surface area contributed by atoms with Crippen LogP contribution in [0.25, 0.3) is 0 Å². The maximum atomic E-state index is 13.1. The molecule has 3 unspecified atom stereocenters. The average molecular weight is 430 g/mol. The van der Waals surface area contributed by atoms with Crippen molar-refractivity contribution in [3.05, 3.63) is 11.3 Å². The Morgan fingerprint density at radius 2 is 1.90 bits per heavy atom. The molecule has 13 heteroatoms. The zero-order chi connectivity index (χ0) is 21.7. The van der Waals surface area contributed by atoms with E-state index in [1.54, 1.807) is 0 Å². The largest absolute Gasteiger partial charge is 0.480 e. The van der Waals surface area contributed by atoms with Gasteiger partial charge in [-0.1, -0.05) is 0 Å². The van der Waals surface area contributed by atoms with Gasteiger partial charge in [0.15, 0.2) is 11.5 Å². The van der Waals surface area contributed by atoms with Crippen LogP contribution in [0.2, 0.25) is 0 Å². The summed E-state index contributed by atoms with van der Waals surface area (Å²) in [5.41, 5.74) is -1.29. The smallest absolute Gasteiger partial charge is 0.326 e. The number of hydrogen-bond donors (Lipinski definition) is 1. The molecule has 2 fully saturated rings. The van der Waals surface area contributed by atoms with E-state index in [9.17, 15) is 37.5 Å². The molecule has 0 aromatic rings. The number of β-lactam (4-membered cyclic amide) rings is 1. The van der Waals surface area contributed by atoms with Gasteiger partial charge in [0.2, 0.25) is 9.84 Å². The summed E-state index contributed by atoms with van der Waals surface area (Å²) >= 11 is 0. The van der Waals surface area contributed by atoms with Gasteiger partial charge in [0.05, 0.1) is 5.57 Å². The van der Waals surface area contributed by atoms with Gasteiger partial charge in [-0.3, -0.25) is 24.1 Å². The second-order valence-electron chi connectivity index (χ2n) is 6.69. The number of ether oxygens (including phenoxy) is 2. The van der Waals surface area contributed by atoms with Gasteiger partial charge in [0, 0.05) is 20.6 Å². The number of carbonyl (C=O) groups excluding carboxylic acids is 4. The Hall–Kier alpha value is -2.80. The fourth-order valence-corrected chi connectivity index (χ4v) is 5.41. The van der Waals surface area contributed by atoms with E-state index in [0.717, 1.165) is 18.9 Å². The third kappa shape index (κ3) is 3.09. The molecule has 3 aliphatic heterocycles. The number of nitrogens with zero attached hydrogens (tertiary/aromatic N) is 2. The Morgan fingerprint density at radius 3 is 2.45 bits per heavy atom. The van der Waals surface area contributed by atoms with Crippen molar-refractivity contribution in [2.75, 3.05) is 20.3 Å². The number of carboxylic acid groups (broad SMARTS) is 1. The molecule has 0 aliphatic carbocycles. The van der Waals surface area contributed by atoms with Crippen LogP contribution in [0.3, 0.4) is 0 Å². The molecule has 3 aliphatic rings. The van der Waals surface area contributed by atoms with Crippen LogP contribution < -0.4 is 0 Å². The summed E-state index contributed by atoms with van der Waals surface area (Å²) in [4.78, 5) is 62.4. The van der Waals surface area contributed by atoms with Gasteiger partial charge in [-0.05, 0) is 12.8 Å². The Balaban J connectivity index is 2.13. The molecular weight excluding hydrogens is 412 g/mol. The molecular formula is C16H18N2O10S. The van der Waals surface area contributed by atoms with E-state index in [1.807, 2.05) is 0 Å². The maximum absolute atomic E-state index is 13.1. The van der Waals surface area contributed by atoms with Crippen LogP contribution in [0.5, 0.6) is 0 Å². The summed E-state index contributed by atoms with van der Waals surface area (Å²) in [5.74, 6) is -3.98. The highest BCUT2D eigenvalue weighted by Gasteiger charge is 2.64. The van der Waals surface area contributed by atoms with Crippen molar-refractivity contribution in [1.82, 2.24) is 9.80 Å². The molecule has 3 rings (SSSR count). The molecule has 2 saturated heterocycles. The molecule has 29 heavy (non-hydrogen) atoms. The number of methoxy groups -OCH3 is 1. The predicted octanol–water partition coefficient (Wildman–Crippen LogP) is -1.98. The molecule has 2 amide bonds. The van der Waals surface area contributed by atoms with E-state index in [2.05, 4.69) is 0 Å². The summed E-state index contributed by atoms with van der Waals surface area (Å²) < 4.78 is 34.7. The second kappa shape index (κ2) is 7.22. The van der Waals surface area contributed by atoms with Crippen molar-refractivity contribution in [3.8, 4) is 0 Å². The highest BCUT2D eigenvalue weighted by molar-refractivity contribution is 8.07. The lowest BCUT2D eigenvalue weighted by atomic mass is 10.0. The Morgan fingerprint density at radius 1 is 1.24 bits per heavy atom. The van der Waals surface area contributed by atoms with Crippen LogP contribution in [0, 0.1) is 0 Å². The lowest BCUT2D eigenvalue weighted by Crippen LogP contribution is -2.72. The summed E-state index contributed by atoms with van der Waals surface area (Å²) in [5, 5.41) is 6.12. The van der Waals surface area contributed by atoms with E-state index in [-0.39, 0.29) is 13.0 Å². The lowest BCUT2D eigenvalue weighted by Gasteiger charge is -2.48. The Bertz CT molecular complexity index is 953. The lowest BCUT2D eigenvalue weighted by molar-refractivity contribution is -0.162. The number of likely N-dealkylation sites (tertiary alicyclic amines) is 1. The standard InChI is InChI=1S/C16H18N2O10S/c1-7(19)28-6-8-10(12(20)17-5-3-4-9(17)15(22)23)18-13(21)11(27-2)14(18)29(25,26)16(8)24/h9,11,14H,3-6H2,1-2H3,(H,22,23). The van der Waals surface area contributed by atoms with Gasteiger partial charge in [0.1, 0.15) is 18.3 Å². The van der Waals surface area contributed by atoms with Crippen molar-refractivity contribution in [1.29, 1.82) is 0 Å². The monoisotopic (exact) mass is 430 g/mol. The topological polar surface area (TPSA) is 165 Å². The van der Waals surface area contributed by atoms with Gasteiger partial charge in [0.25, 0.3) is 16.9 Å². The van der Waals surface area contributed by atoms with E-state index in [4.69, 9.17) is 9.47 Å². The van der Waals surface area contributed by atoms with Gasteiger partial charge in [-0.2, -0.15) is 0 Å². The fraction of sp³-hybridized carbons (Fsp3) is 0.562. The number of amides is 2. The van der Waals surface area contributed by atoms with E-state index >= 15 is 0 Å². The molecule has 0 aromatic heterocycles. The van der Waals surface area contributed by atoms with E-state index in [0.29, 0.717) is 11.3 Å². The molecule has 3 atom stereocenters. The third-order valence-electron chi connectivity index (χ3n) is 5.02. The first kappa shape index (κ1) is 20.9. The summed E-state index contributed by atoms with van der Waals surface area (Å²) in [7, 11) is -3.52. The van der Waals surface area contributed by atoms with E-state index < -0.39 is 74.1 Å².